The zero-order valence-corrected chi connectivity index (χ0v) is 15.9. The number of aromatic nitrogens is 2. The Balaban J connectivity index is 1.52. The fraction of sp³-hybridized carbons (Fsp3) is 0.400. The molecule has 4 amide bonds. The molecule has 2 aromatic rings. The molecular formula is C20H23N5O3. The number of urea groups is 1. The predicted octanol–water partition coefficient (Wildman–Crippen LogP) is 1.35. The van der Waals surface area contributed by atoms with Crippen LogP contribution in [0.5, 0.6) is 0 Å². The van der Waals surface area contributed by atoms with Crippen LogP contribution in [0.1, 0.15) is 37.2 Å². The van der Waals surface area contributed by atoms with Gasteiger partial charge >= 0.3 is 6.03 Å². The molecule has 0 radical (unpaired) electrons. The molecule has 1 saturated carbocycles. The number of amides is 4. The lowest BCUT2D eigenvalue weighted by Crippen LogP contribution is -2.47. The normalized spacial score (nSPS) is 22.9. The van der Waals surface area contributed by atoms with E-state index in [4.69, 9.17) is 0 Å². The molecule has 2 N–H and O–H groups in total. The van der Waals surface area contributed by atoms with Gasteiger partial charge in [0.05, 0.1) is 0 Å². The number of carbonyl (C=O) groups is 3. The molecule has 8 heteroatoms. The van der Waals surface area contributed by atoms with Gasteiger partial charge in [0.2, 0.25) is 5.91 Å². The van der Waals surface area contributed by atoms with Gasteiger partial charge in [-0.1, -0.05) is 30.3 Å². The topological polar surface area (TPSA) is 96.3 Å². The minimum atomic E-state index is -0.893. The average Bonchev–Trinajstić information content (AvgIpc) is 3.42. The lowest BCUT2D eigenvalue weighted by atomic mass is 9.96. The Morgan fingerprint density at radius 2 is 2.04 bits per heavy atom. The van der Waals surface area contributed by atoms with Crippen molar-refractivity contribution >= 4 is 17.8 Å². The Bertz CT molecular complexity index is 921. The first-order chi connectivity index (χ1) is 13.4. The Kier molecular flexibility index (Phi) is 4.41. The number of imide groups is 1. The monoisotopic (exact) mass is 381 g/mol. The third kappa shape index (κ3) is 3.15. The number of nitrogens with zero attached hydrogens (tertiary/aromatic N) is 3. The highest BCUT2D eigenvalue weighted by molar-refractivity contribution is 6.09. The highest BCUT2D eigenvalue weighted by Crippen LogP contribution is 2.42. The number of hydrogen-bond acceptors (Lipinski definition) is 4. The number of hydrogen-bond donors (Lipinski definition) is 2. The van der Waals surface area contributed by atoms with Gasteiger partial charge in [0.1, 0.15) is 23.9 Å². The van der Waals surface area contributed by atoms with E-state index >= 15 is 0 Å². The molecule has 28 heavy (non-hydrogen) atoms. The molecule has 8 nitrogen and oxygen atoms in total. The van der Waals surface area contributed by atoms with Gasteiger partial charge in [-0.05, 0) is 31.2 Å². The summed E-state index contributed by atoms with van der Waals surface area (Å²) in [6.45, 7) is 1.42. The fourth-order valence-electron chi connectivity index (χ4n) is 3.74. The van der Waals surface area contributed by atoms with Gasteiger partial charge in [-0.3, -0.25) is 14.5 Å². The van der Waals surface area contributed by atoms with Crippen LogP contribution in [0.4, 0.5) is 4.79 Å². The van der Waals surface area contributed by atoms with Crippen molar-refractivity contribution in [3.05, 3.63) is 54.1 Å². The molecular weight excluding hydrogens is 358 g/mol. The van der Waals surface area contributed by atoms with Gasteiger partial charge in [-0.2, -0.15) is 0 Å². The van der Waals surface area contributed by atoms with Gasteiger partial charge < -0.3 is 15.2 Å². The molecule has 2 atom stereocenters. The lowest BCUT2D eigenvalue weighted by molar-refractivity contribution is -0.135. The highest BCUT2D eigenvalue weighted by Gasteiger charge is 2.56. The molecule has 1 aromatic heterocycles. The number of carbonyl (C=O) groups excluding carboxylic acids is 3. The van der Waals surface area contributed by atoms with Crippen LogP contribution in [0.2, 0.25) is 0 Å². The van der Waals surface area contributed by atoms with Crippen molar-refractivity contribution in [3.8, 4) is 0 Å². The molecule has 1 aliphatic carbocycles. The Morgan fingerprint density at radius 3 is 2.64 bits per heavy atom. The minimum Gasteiger partial charge on any atom is -0.341 e. The van der Waals surface area contributed by atoms with Crippen molar-refractivity contribution in [1.29, 1.82) is 0 Å². The number of nitrogens with one attached hydrogen (secondary N) is 2. The van der Waals surface area contributed by atoms with Crippen molar-refractivity contribution < 1.29 is 14.4 Å². The molecule has 2 aliphatic rings. The van der Waals surface area contributed by atoms with Crippen LogP contribution in [-0.2, 0) is 16.6 Å². The molecule has 1 saturated heterocycles. The van der Waals surface area contributed by atoms with Crippen molar-refractivity contribution in [2.24, 2.45) is 13.0 Å². The SMILES string of the molecule is Cn1ccnc1C(NC(=O)CN1C(=O)NC(C)(C2CC2)C1=O)c1ccccc1. The van der Waals surface area contributed by atoms with Crippen LogP contribution in [0.15, 0.2) is 42.7 Å². The number of imidazole rings is 1. The van der Waals surface area contributed by atoms with Crippen LogP contribution in [0.25, 0.3) is 0 Å². The molecule has 2 heterocycles. The lowest BCUT2D eigenvalue weighted by Gasteiger charge is -2.22. The molecule has 1 aromatic carbocycles. The zero-order valence-electron chi connectivity index (χ0n) is 15.9. The minimum absolute atomic E-state index is 0.154. The zero-order chi connectivity index (χ0) is 19.9. The van der Waals surface area contributed by atoms with Crippen molar-refractivity contribution in [1.82, 2.24) is 25.1 Å². The third-order valence-corrected chi connectivity index (χ3v) is 5.55. The summed E-state index contributed by atoms with van der Waals surface area (Å²) in [5.74, 6) is 0.0741. The van der Waals surface area contributed by atoms with Crippen LogP contribution in [-0.4, -0.2) is 44.4 Å². The maximum atomic E-state index is 12.8. The van der Waals surface area contributed by atoms with Crippen LogP contribution >= 0.6 is 0 Å². The summed E-state index contributed by atoms with van der Waals surface area (Å²) >= 11 is 0. The van der Waals surface area contributed by atoms with E-state index in [1.807, 2.05) is 41.9 Å². The fourth-order valence-corrected chi connectivity index (χ4v) is 3.74. The van der Waals surface area contributed by atoms with E-state index in [0.717, 1.165) is 23.3 Å². The van der Waals surface area contributed by atoms with Crippen LogP contribution < -0.4 is 10.6 Å². The molecule has 2 fully saturated rings. The van der Waals surface area contributed by atoms with Crippen LogP contribution in [0.3, 0.4) is 0 Å². The molecule has 146 valence electrons. The molecule has 4 rings (SSSR count). The van der Waals surface area contributed by atoms with Gasteiger partial charge in [-0.25, -0.2) is 9.78 Å². The molecule has 0 spiro atoms. The number of rotatable bonds is 6. The first-order valence-corrected chi connectivity index (χ1v) is 9.36. The van der Waals surface area contributed by atoms with Crippen LogP contribution in [0, 0.1) is 5.92 Å². The second-order valence-electron chi connectivity index (χ2n) is 7.61. The van der Waals surface area contributed by atoms with Gasteiger partial charge in [0.15, 0.2) is 0 Å². The van der Waals surface area contributed by atoms with Crippen molar-refractivity contribution in [3.63, 3.8) is 0 Å². The quantitative estimate of drug-likeness (QED) is 0.738. The molecule has 2 unspecified atom stereocenters. The summed E-state index contributed by atoms with van der Waals surface area (Å²) in [5, 5.41) is 5.68. The standard InChI is InChI=1S/C20H23N5O3/c1-20(14-8-9-14)18(27)25(19(28)23-20)12-15(26)22-16(13-6-4-3-5-7-13)17-21-10-11-24(17)2/h3-7,10-11,14,16H,8-9,12H2,1-2H3,(H,22,26)(H,23,28). The van der Waals surface area contributed by atoms with E-state index in [1.54, 1.807) is 19.3 Å². The highest BCUT2D eigenvalue weighted by atomic mass is 16.2. The van der Waals surface area contributed by atoms with E-state index in [1.165, 1.54) is 0 Å². The second kappa shape index (κ2) is 6.78. The Hall–Kier alpha value is -3.16. The largest absolute Gasteiger partial charge is 0.341 e. The van der Waals surface area contributed by atoms with E-state index in [9.17, 15) is 14.4 Å². The Morgan fingerprint density at radius 1 is 1.32 bits per heavy atom. The van der Waals surface area contributed by atoms with E-state index in [2.05, 4.69) is 15.6 Å². The van der Waals surface area contributed by atoms with Crippen molar-refractivity contribution in [2.75, 3.05) is 6.54 Å². The van der Waals surface area contributed by atoms with Gasteiger partial charge in [0, 0.05) is 19.4 Å². The summed E-state index contributed by atoms with van der Waals surface area (Å²) in [7, 11) is 1.85. The molecule has 1 aliphatic heterocycles. The van der Waals surface area contributed by atoms with E-state index in [0.29, 0.717) is 5.82 Å². The van der Waals surface area contributed by atoms with Gasteiger partial charge in [0.25, 0.3) is 5.91 Å². The second-order valence-corrected chi connectivity index (χ2v) is 7.61. The summed E-state index contributed by atoms with van der Waals surface area (Å²) in [6.07, 6.45) is 5.29. The summed E-state index contributed by atoms with van der Waals surface area (Å²) in [5.41, 5.74) is -0.0271. The summed E-state index contributed by atoms with van der Waals surface area (Å²) in [4.78, 5) is 43.2. The maximum absolute atomic E-state index is 12.8. The van der Waals surface area contributed by atoms with Crippen molar-refractivity contribution in [2.45, 2.75) is 31.3 Å². The van der Waals surface area contributed by atoms with E-state index in [-0.39, 0.29) is 18.4 Å². The first kappa shape index (κ1) is 18.2. The first-order valence-electron chi connectivity index (χ1n) is 9.36. The van der Waals surface area contributed by atoms with E-state index < -0.39 is 23.5 Å². The smallest absolute Gasteiger partial charge is 0.325 e. The average molecular weight is 381 g/mol. The van der Waals surface area contributed by atoms with Gasteiger partial charge in [-0.15, -0.1) is 0 Å². The summed E-state index contributed by atoms with van der Waals surface area (Å²) < 4.78 is 1.83. The number of benzene rings is 1. The maximum Gasteiger partial charge on any atom is 0.325 e. The molecule has 0 bridgehead atoms. The Labute approximate surface area is 162 Å². The number of aryl methyl sites for hydroxylation is 1. The predicted molar refractivity (Wildman–Crippen MR) is 101 cm³/mol. The third-order valence-electron chi connectivity index (χ3n) is 5.55. The summed E-state index contributed by atoms with van der Waals surface area (Å²) in [6, 6.07) is 8.47.